The molecule has 3 aromatic rings. The SMILES string of the molecule is O=C(CN1C(=O)S/C(=C/c2ccc(-c3ccc([N+](=O)[O-])cc3)o2)C1=O)Nc1ccc(N2CCOCC2)cc1. The molecule has 2 aliphatic rings. The number of nitro groups is 1. The summed E-state index contributed by atoms with van der Waals surface area (Å²) in [6.07, 6.45) is 1.43. The molecule has 0 spiro atoms. The molecular formula is C26H22N4O7S. The molecule has 2 aromatic carbocycles. The molecule has 12 heteroatoms. The fraction of sp³-hybridized carbons (Fsp3) is 0.192. The number of carbonyl (C=O) groups is 3. The van der Waals surface area contributed by atoms with Crippen molar-refractivity contribution in [3.63, 3.8) is 0 Å². The molecule has 0 atom stereocenters. The Bertz CT molecular complexity index is 1410. The molecule has 3 heterocycles. The van der Waals surface area contributed by atoms with E-state index in [9.17, 15) is 24.5 Å². The maximum atomic E-state index is 12.8. The molecule has 0 radical (unpaired) electrons. The van der Waals surface area contributed by atoms with Gasteiger partial charge in [0.05, 0.1) is 23.0 Å². The monoisotopic (exact) mass is 534 g/mol. The van der Waals surface area contributed by atoms with Gasteiger partial charge in [-0.25, -0.2) is 0 Å². The number of anilines is 2. The van der Waals surface area contributed by atoms with E-state index in [0.29, 0.717) is 36.0 Å². The Balaban J connectivity index is 1.20. The van der Waals surface area contributed by atoms with Crippen LogP contribution in [0.15, 0.2) is 70.0 Å². The van der Waals surface area contributed by atoms with Crippen LogP contribution in [-0.2, 0) is 14.3 Å². The van der Waals surface area contributed by atoms with Crippen molar-refractivity contribution in [2.45, 2.75) is 0 Å². The van der Waals surface area contributed by atoms with E-state index in [2.05, 4.69) is 10.2 Å². The molecule has 2 saturated heterocycles. The number of non-ortho nitro benzene ring substituents is 1. The van der Waals surface area contributed by atoms with Crippen molar-refractivity contribution in [3.8, 4) is 11.3 Å². The minimum Gasteiger partial charge on any atom is -0.457 e. The van der Waals surface area contributed by atoms with Gasteiger partial charge in [-0.2, -0.15) is 0 Å². The summed E-state index contributed by atoms with van der Waals surface area (Å²) in [4.78, 5) is 51.4. The Morgan fingerprint density at radius 2 is 1.74 bits per heavy atom. The smallest absolute Gasteiger partial charge is 0.294 e. The predicted molar refractivity (Wildman–Crippen MR) is 142 cm³/mol. The van der Waals surface area contributed by atoms with Gasteiger partial charge in [0, 0.05) is 48.2 Å². The Kier molecular flexibility index (Phi) is 7.24. The van der Waals surface area contributed by atoms with Gasteiger partial charge in [0.1, 0.15) is 18.1 Å². The second kappa shape index (κ2) is 10.9. The molecule has 3 amide bonds. The van der Waals surface area contributed by atoms with Gasteiger partial charge in [0.25, 0.3) is 16.8 Å². The normalized spacial score (nSPS) is 16.8. The lowest BCUT2D eigenvalue weighted by Gasteiger charge is -2.28. The number of ether oxygens (including phenoxy) is 1. The fourth-order valence-electron chi connectivity index (χ4n) is 4.02. The molecular weight excluding hydrogens is 512 g/mol. The Morgan fingerprint density at radius 3 is 2.42 bits per heavy atom. The Morgan fingerprint density at radius 1 is 1.03 bits per heavy atom. The van der Waals surface area contributed by atoms with Crippen molar-refractivity contribution in [2.75, 3.05) is 43.1 Å². The summed E-state index contributed by atoms with van der Waals surface area (Å²) in [7, 11) is 0. The highest BCUT2D eigenvalue weighted by Gasteiger charge is 2.36. The van der Waals surface area contributed by atoms with Gasteiger partial charge in [0.15, 0.2) is 0 Å². The zero-order chi connectivity index (χ0) is 26.6. The molecule has 38 heavy (non-hydrogen) atoms. The number of nitro benzene ring substituents is 1. The van der Waals surface area contributed by atoms with Crippen LogP contribution in [0.4, 0.5) is 21.9 Å². The number of furan rings is 1. The maximum absolute atomic E-state index is 12.8. The van der Waals surface area contributed by atoms with Crippen LogP contribution in [0.2, 0.25) is 0 Å². The van der Waals surface area contributed by atoms with Crippen molar-refractivity contribution < 1.29 is 28.5 Å². The lowest BCUT2D eigenvalue weighted by atomic mass is 10.1. The number of carbonyl (C=O) groups excluding carboxylic acids is 3. The van der Waals surface area contributed by atoms with Crippen LogP contribution in [0.5, 0.6) is 0 Å². The van der Waals surface area contributed by atoms with Crippen LogP contribution in [0.1, 0.15) is 5.76 Å². The molecule has 0 bridgehead atoms. The Labute approximate surface area is 221 Å². The summed E-state index contributed by atoms with van der Waals surface area (Å²) in [5.74, 6) is -0.310. The van der Waals surface area contributed by atoms with Crippen molar-refractivity contribution in [3.05, 3.63) is 81.4 Å². The number of rotatable bonds is 7. The molecule has 194 valence electrons. The molecule has 0 unspecified atom stereocenters. The van der Waals surface area contributed by atoms with E-state index in [0.717, 1.165) is 35.4 Å². The highest BCUT2D eigenvalue weighted by atomic mass is 32.2. The molecule has 1 N–H and O–H groups in total. The van der Waals surface area contributed by atoms with E-state index in [1.165, 1.54) is 18.2 Å². The number of hydrogen-bond acceptors (Lipinski definition) is 9. The van der Waals surface area contributed by atoms with Gasteiger partial charge >= 0.3 is 0 Å². The number of thioether (sulfide) groups is 1. The minimum atomic E-state index is -0.592. The van der Waals surface area contributed by atoms with E-state index in [1.54, 1.807) is 36.4 Å². The standard InChI is InChI=1S/C26H22N4O7S/c31-24(27-18-3-7-19(8-4-18)28-11-13-36-14-12-28)16-29-25(32)23(38-26(29)33)15-21-9-10-22(37-21)17-1-5-20(6-2-17)30(34)35/h1-10,15H,11-14,16H2,(H,27,31)/b23-15+. The predicted octanol–water partition coefficient (Wildman–Crippen LogP) is 4.37. The molecule has 2 fully saturated rings. The highest BCUT2D eigenvalue weighted by Crippen LogP contribution is 2.33. The number of hydrogen-bond donors (Lipinski definition) is 1. The first-order valence-corrected chi connectivity index (χ1v) is 12.5. The van der Waals surface area contributed by atoms with E-state index < -0.39 is 28.5 Å². The van der Waals surface area contributed by atoms with Crippen molar-refractivity contribution in [2.24, 2.45) is 0 Å². The summed E-state index contributed by atoms with van der Waals surface area (Å²) < 4.78 is 11.1. The lowest BCUT2D eigenvalue weighted by molar-refractivity contribution is -0.384. The first-order chi connectivity index (χ1) is 18.4. The van der Waals surface area contributed by atoms with Crippen LogP contribution >= 0.6 is 11.8 Å². The second-order valence-electron chi connectivity index (χ2n) is 8.47. The second-order valence-corrected chi connectivity index (χ2v) is 9.46. The largest absolute Gasteiger partial charge is 0.457 e. The van der Waals surface area contributed by atoms with Crippen LogP contribution in [-0.4, -0.2) is 59.7 Å². The molecule has 0 aliphatic carbocycles. The zero-order valence-corrected chi connectivity index (χ0v) is 20.8. The van der Waals surface area contributed by atoms with Gasteiger partial charge in [-0.3, -0.25) is 29.4 Å². The van der Waals surface area contributed by atoms with Crippen LogP contribution in [0.3, 0.4) is 0 Å². The number of benzene rings is 2. The van der Waals surface area contributed by atoms with Crippen molar-refractivity contribution in [1.82, 2.24) is 4.90 Å². The summed E-state index contributed by atoms with van der Waals surface area (Å²) in [6.45, 7) is 2.53. The van der Waals surface area contributed by atoms with Crippen molar-refractivity contribution >= 4 is 52.0 Å². The van der Waals surface area contributed by atoms with E-state index in [4.69, 9.17) is 9.15 Å². The average Bonchev–Trinajstić information content (AvgIpc) is 3.50. The van der Waals surface area contributed by atoms with Gasteiger partial charge in [-0.05, 0) is 60.3 Å². The number of amides is 3. The van der Waals surface area contributed by atoms with Crippen LogP contribution in [0.25, 0.3) is 17.4 Å². The lowest BCUT2D eigenvalue weighted by Crippen LogP contribution is -2.36. The van der Waals surface area contributed by atoms with E-state index in [-0.39, 0.29) is 10.6 Å². The number of nitrogens with zero attached hydrogens (tertiary/aromatic N) is 3. The van der Waals surface area contributed by atoms with E-state index in [1.807, 2.05) is 12.1 Å². The first kappa shape index (κ1) is 25.2. The molecule has 1 aromatic heterocycles. The summed E-state index contributed by atoms with van der Waals surface area (Å²) in [5, 5.41) is 13.0. The first-order valence-electron chi connectivity index (χ1n) is 11.7. The average molecular weight is 535 g/mol. The number of nitrogens with one attached hydrogen (secondary N) is 1. The third kappa shape index (κ3) is 5.61. The van der Waals surface area contributed by atoms with Gasteiger partial charge in [0.2, 0.25) is 5.91 Å². The molecule has 11 nitrogen and oxygen atoms in total. The zero-order valence-electron chi connectivity index (χ0n) is 20.0. The third-order valence-corrected chi connectivity index (χ3v) is 6.87. The number of morpholine rings is 1. The van der Waals surface area contributed by atoms with Gasteiger partial charge in [-0.1, -0.05) is 0 Å². The van der Waals surface area contributed by atoms with Crippen molar-refractivity contribution in [1.29, 1.82) is 0 Å². The minimum absolute atomic E-state index is 0.0387. The van der Waals surface area contributed by atoms with Gasteiger partial charge in [-0.15, -0.1) is 0 Å². The summed E-state index contributed by atoms with van der Waals surface area (Å²) in [5.41, 5.74) is 2.17. The summed E-state index contributed by atoms with van der Waals surface area (Å²) in [6, 6.07) is 16.5. The molecule has 0 saturated carbocycles. The van der Waals surface area contributed by atoms with Gasteiger partial charge < -0.3 is 19.4 Å². The fourth-order valence-corrected chi connectivity index (χ4v) is 4.84. The highest BCUT2D eigenvalue weighted by molar-refractivity contribution is 8.18. The Hall–Kier alpha value is -4.42. The summed E-state index contributed by atoms with van der Waals surface area (Å²) >= 11 is 0.721. The van der Waals surface area contributed by atoms with Crippen LogP contribution in [0, 0.1) is 10.1 Å². The molecule has 2 aliphatic heterocycles. The topological polar surface area (TPSA) is 135 Å². The van der Waals surface area contributed by atoms with E-state index >= 15 is 0 Å². The third-order valence-electron chi connectivity index (χ3n) is 5.97. The van der Waals surface area contributed by atoms with Crippen LogP contribution < -0.4 is 10.2 Å². The quantitative estimate of drug-likeness (QED) is 0.266. The molecule has 5 rings (SSSR count). The number of imide groups is 1. The maximum Gasteiger partial charge on any atom is 0.294 e.